The number of aryl methyl sites for hydroxylation is 2. The molecule has 0 fully saturated rings. The van der Waals surface area contributed by atoms with Gasteiger partial charge in [-0.25, -0.2) is 0 Å². The Bertz CT molecular complexity index is 1260. The summed E-state index contributed by atoms with van der Waals surface area (Å²) in [6.45, 7) is 4.61. The molecule has 3 rings (SSSR count). The van der Waals surface area contributed by atoms with Gasteiger partial charge in [0.15, 0.2) is 0 Å². The fraction of sp³-hybridized carbons (Fsp3) is 0.690. The molecule has 0 radical (unpaired) electrons. The Kier molecular flexibility index (Phi) is 32.7. The van der Waals surface area contributed by atoms with Crippen molar-refractivity contribution in [2.24, 2.45) is 0 Å². The third kappa shape index (κ3) is 26.4. The summed E-state index contributed by atoms with van der Waals surface area (Å²) in [6, 6.07) is 27.5. The van der Waals surface area contributed by atoms with Crippen molar-refractivity contribution in [3.63, 3.8) is 0 Å². The lowest BCUT2D eigenvalue weighted by Gasteiger charge is -2.26. The van der Waals surface area contributed by atoms with Crippen LogP contribution in [0.5, 0.6) is 0 Å². The van der Waals surface area contributed by atoms with Gasteiger partial charge in [0, 0.05) is 21.5 Å². The highest BCUT2D eigenvalue weighted by molar-refractivity contribution is 9.10. The molecule has 0 aliphatic heterocycles. The van der Waals surface area contributed by atoms with E-state index in [0.717, 1.165) is 4.47 Å². The van der Waals surface area contributed by atoms with E-state index in [1.807, 2.05) is 0 Å². The van der Waals surface area contributed by atoms with E-state index < -0.39 is 0 Å². The quantitative estimate of drug-likeness (QED) is 0.0513. The van der Waals surface area contributed by atoms with Crippen LogP contribution in [0.2, 0.25) is 0 Å². The van der Waals surface area contributed by atoms with Gasteiger partial charge in [0.2, 0.25) is 0 Å². The molecular weight excluding hydrogens is 791 g/mol. The summed E-state index contributed by atoms with van der Waals surface area (Å²) in [5.41, 5.74) is 6.59. The van der Waals surface area contributed by atoms with Crippen molar-refractivity contribution < 1.29 is 0 Å². The van der Waals surface area contributed by atoms with Gasteiger partial charge in [-0.15, -0.1) is 0 Å². The number of unbranched alkanes of at least 4 members (excludes halogenated alkanes) is 34. The van der Waals surface area contributed by atoms with Gasteiger partial charge in [0.25, 0.3) is 0 Å². The Morgan fingerprint density at radius 1 is 0.267 bits per heavy atom. The average Bonchev–Trinajstić information content (AvgIpc) is 3.27. The minimum Gasteiger partial charge on any atom is -0.311 e. The third-order valence-electron chi connectivity index (χ3n) is 13.1. The van der Waals surface area contributed by atoms with Crippen molar-refractivity contribution in [1.82, 2.24) is 0 Å². The Morgan fingerprint density at radius 3 is 0.700 bits per heavy atom. The zero-order chi connectivity index (χ0) is 42.4. The van der Waals surface area contributed by atoms with E-state index in [1.54, 1.807) is 0 Å². The lowest BCUT2D eigenvalue weighted by atomic mass is 10.0. The minimum absolute atomic E-state index is 1.12. The summed E-state index contributed by atoms with van der Waals surface area (Å²) in [5, 5.41) is 0. The monoisotopic (exact) mass is 884 g/mol. The van der Waals surface area contributed by atoms with Crippen LogP contribution >= 0.6 is 15.9 Å². The molecule has 0 spiro atoms. The predicted molar refractivity (Wildman–Crippen MR) is 274 cm³/mol. The van der Waals surface area contributed by atoms with Crippen LogP contribution in [-0.4, -0.2) is 0 Å². The Balaban J connectivity index is 1.24. The highest BCUT2D eigenvalue weighted by atomic mass is 79.9. The molecule has 0 N–H and O–H groups in total. The van der Waals surface area contributed by atoms with E-state index in [0.29, 0.717) is 0 Å². The SMILES string of the molecule is CCCCCCCCCCCCCCCCCCCCc1ccc(N(c2ccc(Br)cc2)c2ccc(CCCCCCCCCCCCCCCCCCCC)cc2)cc1. The van der Waals surface area contributed by atoms with Gasteiger partial charge in [-0.2, -0.15) is 0 Å². The zero-order valence-electron chi connectivity index (χ0n) is 39.6. The van der Waals surface area contributed by atoms with Crippen LogP contribution in [0.25, 0.3) is 0 Å². The van der Waals surface area contributed by atoms with Crippen molar-refractivity contribution in [3.05, 3.63) is 88.4 Å². The molecule has 2 heteroatoms. The van der Waals surface area contributed by atoms with Gasteiger partial charge < -0.3 is 4.90 Å². The number of anilines is 3. The highest BCUT2D eigenvalue weighted by Crippen LogP contribution is 2.35. The number of hydrogen-bond acceptors (Lipinski definition) is 1. The van der Waals surface area contributed by atoms with Crippen molar-refractivity contribution in [3.8, 4) is 0 Å². The first-order valence-corrected chi connectivity index (χ1v) is 27.2. The van der Waals surface area contributed by atoms with Gasteiger partial charge in [0.1, 0.15) is 0 Å². The first-order chi connectivity index (χ1) is 29.7. The fourth-order valence-corrected chi connectivity index (χ4v) is 9.39. The number of benzene rings is 3. The summed E-state index contributed by atoms with van der Waals surface area (Å²) >= 11 is 3.65. The van der Waals surface area contributed by atoms with E-state index in [-0.39, 0.29) is 0 Å². The molecular formula is C58H94BrN. The number of nitrogens with zero attached hydrogens (tertiary/aromatic N) is 1. The second-order valence-electron chi connectivity index (χ2n) is 18.7. The van der Waals surface area contributed by atoms with Crippen LogP contribution in [0.1, 0.15) is 256 Å². The maximum atomic E-state index is 3.65. The average molecular weight is 885 g/mol. The maximum absolute atomic E-state index is 3.65. The third-order valence-corrected chi connectivity index (χ3v) is 13.6. The van der Waals surface area contributed by atoms with E-state index in [4.69, 9.17) is 0 Å². The largest absolute Gasteiger partial charge is 0.311 e. The first-order valence-electron chi connectivity index (χ1n) is 26.4. The van der Waals surface area contributed by atoms with Gasteiger partial charge in [-0.3, -0.25) is 0 Å². The Labute approximate surface area is 382 Å². The molecule has 0 unspecified atom stereocenters. The van der Waals surface area contributed by atoms with Crippen molar-refractivity contribution in [1.29, 1.82) is 0 Å². The van der Waals surface area contributed by atoms with Gasteiger partial charge in [-0.05, 0) is 85.3 Å². The standard InChI is InChI=1S/C58H94BrN/c1-3-5-7-9-11-13-15-17-19-21-23-25-27-29-31-33-35-37-39-53-41-47-56(48-42-53)60(58-51-45-55(59)46-52-58)57-49-43-54(44-50-57)40-38-36-34-32-30-28-26-24-22-20-18-16-14-12-10-8-6-4-2/h41-52H,3-40H2,1-2H3. The summed E-state index contributed by atoms with van der Waals surface area (Å²) in [4.78, 5) is 2.41. The molecule has 0 bridgehead atoms. The Morgan fingerprint density at radius 2 is 0.467 bits per heavy atom. The van der Waals surface area contributed by atoms with Gasteiger partial charge >= 0.3 is 0 Å². The minimum atomic E-state index is 1.12. The number of halogens is 1. The lowest BCUT2D eigenvalue weighted by molar-refractivity contribution is 0.525. The number of hydrogen-bond donors (Lipinski definition) is 0. The second-order valence-corrected chi connectivity index (χ2v) is 19.6. The van der Waals surface area contributed by atoms with Crippen LogP contribution in [0, 0.1) is 0 Å². The molecule has 1 nitrogen and oxygen atoms in total. The second kappa shape index (κ2) is 37.5. The molecule has 0 saturated heterocycles. The normalized spacial score (nSPS) is 11.4. The lowest BCUT2D eigenvalue weighted by Crippen LogP contribution is -2.10. The molecule has 60 heavy (non-hydrogen) atoms. The summed E-state index contributed by atoms with van der Waals surface area (Å²) in [6.07, 6.45) is 53.8. The zero-order valence-corrected chi connectivity index (χ0v) is 41.2. The highest BCUT2D eigenvalue weighted by Gasteiger charge is 2.13. The van der Waals surface area contributed by atoms with Gasteiger partial charge in [-0.1, -0.05) is 272 Å². The van der Waals surface area contributed by atoms with E-state index in [2.05, 4.69) is 107 Å². The molecule has 0 atom stereocenters. The molecule has 3 aromatic rings. The Hall–Kier alpha value is -2.06. The van der Waals surface area contributed by atoms with Gasteiger partial charge in [0.05, 0.1) is 0 Å². The van der Waals surface area contributed by atoms with Crippen LogP contribution in [0.4, 0.5) is 17.1 Å². The molecule has 0 aliphatic carbocycles. The van der Waals surface area contributed by atoms with E-state index in [1.165, 1.54) is 272 Å². The van der Waals surface area contributed by atoms with E-state index >= 15 is 0 Å². The van der Waals surface area contributed by atoms with Crippen molar-refractivity contribution >= 4 is 33.0 Å². The maximum Gasteiger partial charge on any atom is 0.0462 e. The first kappa shape index (κ1) is 52.3. The molecule has 3 aromatic carbocycles. The van der Waals surface area contributed by atoms with E-state index in [9.17, 15) is 0 Å². The summed E-state index contributed by atoms with van der Waals surface area (Å²) in [5.74, 6) is 0. The molecule has 0 aliphatic rings. The predicted octanol–water partition coefficient (Wildman–Crippen LogP) is 21.1. The number of rotatable bonds is 41. The molecule has 0 amide bonds. The van der Waals surface area contributed by atoms with Crippen LogP contribution in [0.15, 0.2) is 77.3 Å². The molecule has 0 saturated carbocycles. The van der Waals surface area contributed by atoms with Crippen LogP contribution < -0.4 is 4.90 Å². The summed E-state index contributed by atoms with van der Waals surface area (Å²) in [7, 11) is 0. The molecule has 0 aromatic heterocycles. The topological polar surface area (TPSA) is 3.24 Å². The van der Waals surface area contributed by atoms with Crippen LogP contribution in [0.3, 0.4) is 0 Å². The smallest absolute Gasteiger partial charge is 0.0462 e. The molecule has 338 valence electrons. The molecule has 0 heterocycles. The fourth-order valence-electron chi connectivity index (χ4n) is 9.12. The van der Waals surface area contributed by atoms with Crippen molar-refractivity contribution in [2.45, 2.75) is 258 Å². The summed E-state index contributed by atoms with van der Waals surface area (Å²) < 4.78 is 1.12. The van der Waals surface area contributed by atoms with Crippen LogP contribution in [-0.2, 0) is 12.8 Å². The van der Waals surface area contributed by atoms with Crippen molar-refractivity contribution in [2.75, 3.05) is 4.90 Å².